The fourth-order valence-corrected chi connectivity index (χ4v) is 3.57. The number of ether oxygens (including phenoxy) is 1. The molecule has 7 heteroatoms. The Hall–Kier alpha value is -1.96. The third kappa shape index (κ3) is 5.28. The van der Waals surface area contributed by atoms with E-state index in [-0.39, 0.29) is 0 Å². The summed E-state index contributed by atoms with van der Waals surface area (Å²) in [6.07, 6.45) is 1.97. The van der Waals surface area contributed by atoms with Crippen molar-refractivity contribution in [1.29, 1.82) is 0 Å². The van der Waals surface area contributed by atoms with E-state index in [9.17, 15) is 0 Å². The molecule has 0 atom stereocenters. The Morgan fingerprint density at radius 2 is 2.04 bits per heavy atom. The summed E-state index contributed by atoms with van der Waals surface area (Å²) < 4.78 is 11.4. The maximum Gasteiger partial charge on any atom is 0.186 e. The predicted molar refractivity (Wildman–Crippen MR) is 113 cm³/mol. The number of hydrazone groups is 1. The van der Waals surface area contributed by atoms with Crippen molar-refractivity contribution in [3.05, 3.63) is 35.6 Å². The third-order valence-electron chi connectivity index (χ3n) is 4.90. The lowest BCUT2D eigenvalue weighted by Crippen LogP contribution is -3.14. The number of nitrogens with one attached hydrogen (secondary N) is 3. The second kappa shape index (κ2) is 9.82. The van der Waals surface area contributed by atoms with Gasteiger partial charge in [0.05, 0.1) is 19.8 Å². The minimum absolute atomic E-state index is 0.542. The van der Waals surface area contributed by atoms with Crippen molar-refractivity contribution in [3.63, 3.8) is 0 Å². The Kier molecular flexibility index (Phi) is 7.20. The maximum absolute atomic E-state index is 6.00. The predicted octanol–water partition coefficient (Wildman–Crippen LogP) is 1.49. The van der Waals surface area contributed by atoms with E-state index < -0.39 is 0 Å². The lowest BCUT2D eigenvalue weighted by molar-refractivity contribution is -0.908. The van der Waals surface area contributed by atoms with Crippen LogP contribution in [-0.4, -0.2) is 50.2 Å². The van der Waals surface area contributed by atoms with E-state index in [1.54, 1.807) is 4.90 Å². The Morgan fingerprint density at radius 3 is 2.81 bits per heavy atom. The number of aryl methyl sites for hydroxylation is 1. The van der Waals surface area contributed by atoms with E-state index in [1.165, 1.54) is 5.56 Å². The zero-order chi connectivity index (χ0) is 19.1. The second-order valence-electron chi connectivity index (χ2n) is 6.79. The first-order chi connectivity index (χ1) is 13.2. The number of fused-ring (bicyclic) bond motifs is 1. The van der Waals surface area contributed by atoms with E-state index in [0.717, 1.165) is 74.7 Å². The largest absolute Gasteiger partial charge is 0.454 e. The lowest BCUT2D eigenvalue weighted by atomic mass is 10.1. The van der Waals surface area contributed by atoms with Crippen LogP contribution >= 0.6 is 12.2 Å². The number of nitrogens with zero attached hydrogens (tertiary/aromatic N) is 1. The van der Waals surface area contributed by atoms with Crippen LogP contribution in [0.1, 0.15) is 31.6 Å². The Bertz CT molecular complexity index is 796. The number of furan rings is 1. The summed E-state index contributed by atoms with van der Waals surface area (Å²) in [4.78, 5) is 1.60. The molecule has 27 heavy (non-hydrogen) atoms. The summed E-state index contributed by atoms with van der Waals surface area (Å²) in [5.41, 5.74) is 5.81. The van der Waals surface area contributed by atoms with Gasteiger partial charge in [0.2, 0.25) is 0 Å². The molecule has 0 saturated carbocycles. The van der Waals surface area contributed by atoms with Gasteiger partial charge in [-0.2, -0.15) is 5.10 Å². The third-order valence-corrected chi connectivity index (χ3v) is 5.13. The summed E-state index contributed by atoms with van der Waals surface area (Å²) in [5, 5.41) is 9.33. The molecular weight excluding hydrogens is 360 g/mol. The molecule has 1 aliphatic rings. The van der Waals surface area contributed by atoms with Crippen LogP contribution in [-0.2, 0) is 11.2 Å². The highest BCUT2D eigenvalue weighted by Gasteiger charge is 2.15. The molecule has 0 spiro atoms. The Balaban J connectivity index is 1.49. The van der Waals surface area contributed by atoms with Crippen LogP contribution < -0.4 is 15.6 Å². The van der Waals surface area contributed by atoms with Gasteiger partial charge < -0.3 is 19.4 Å². The highest BCUT2D eigenvalue weighted by atomic mass is 32.1. The molecule has 2 aromatic rings. The molecule has 3 N–H and O–H groups in total. The second-order valence-corrected chi connectivity index (χ2v) is 7.20. The maximum atomic E-state index is 6.00. The van der Waals surface area contributed by atoms with Gasteiger partial charge in [-0.25, -0.2) is 0 Å². The standard InChI is InChI=1S/C20H28N4O2S/c1-3-16-17-7-4-5-8-18(17)26-19(16)15(2)22-23-20(27)21-9-6-10-24-11-13-25-14-12-24/h4-5,7-8H,3,6,9-14H2,1-2H3,(H2,21,23,27)/p+1/b22-15-. The van der Waals surface area contributed by atoms with E-state index in [0.29, 0.717) is 5.11 Å². The average Bonchev–Trinajstić information content (AvgIpc) is 3.09. The number of quaternary nitrogens is 1. The SMILES string of the molecule is CCc1c(/C(C)=N\NC(=S)NCCC[NH+]2CCOCC2)oc2ccccc12. The fourth-order valence-electron chi connectivity index (χ4n) is 3.42. The first-order valence-electron chi connectivity index (χ1n) is 9.69. The highest BCUT2D eigenvalue weighted by Crippen LogP contribution is 2.26. The van der Waals surface area contributed by atoms with Crippen LogP contribution in [0.5, 0.6) is 0 Å². The minimum Gasteiger partial charge on any atom is -0.454 e. The molecule has 1 aromatic heterocycles. The number of para-hydroxylation sites is 1. The van der Waals surface area contributed by atoms with Crippen molar-refractivity contribution in [1.82, 2.24) is 10.7 Å². The molecule has 0 aliphatic carbocycles. The number of rotatable bonds is 7. The molecular formula is C20H29N4O2S+. The van der Waals surface area contributed by atoms with Gasteiger partial charge in [-0.15, -0.1) is 0 Å². The quantitative estimate of drug-likeness (QED) is 0.290. The van der Waals surface area contributed by atoms with Crippen LogP contribution in [0.15, 0.2) is 33.8 Å². The van der Waals surface area contributed by atoms with Crippen molar-refractivity contribution < 1.29 is 14.1 Å². The van der Waals surface area contributed by atoms with Crippen LogP contribution in [0.2, 0.25) is 0 Å². The summed E-state index contributed by atoms with van der Waals surface area (Å²) in [7, 11) is 0. The van der Waals surface area contributed by atoms with Crippen LogP contribution in [0, 0.1) is 0 Å². The van der Waals surface area contributed by atoms with Gasteiger partial charge in [-0.3, -0.25) is 5.43 Å². The first kappa shape index (κ1) is 19.8. The first-order valence-corrected chi connectivity index (χ1v) is 10.1. The van der Waals surface area contributed by atoms with Crippen molar-refractivity contribution in [3.8, 4) is 0 Å². The van der Waals surface area contributed by atoms with E-state index in [2.05, 4.69) is 28.8 Å². The number of morpholine rings is 1. The molecule has 0 radical (unpaired) electrons. The van der Waals surface area contributed by atoms with Crippen molar-refractivity contribution in [2.75, 3.05) is 39.4 Å². The van der Waals surface area contributed by atoms with Gasteiger partial charge >= 0.3 is 0 Å². The normalized spacial score (nSPS) is 15.9. The van der Waals surface area contributed by atoms with E-state index >= 15 is 0 Å². The summed E-state index contributed by atoms with van der Waals surface area (Å²) in [6, 6.07) is 8.09. The molecule has 1 aromatic carbocycles. The molecule has 2 heterocycles. The molecule has 0 amide bonds. The number of thiocarbonyl (C=S) groups is 1. The van der Waals surface area contributed by atoms with Gasteiger partial charge in [0, 0.05) is 23.9 Å². The summed E-state index contributed by atoms with van der Waals surface area (Å²) in [6.45, 7) is 10.00. The van der Waals surface area contributed by atoms with E-state index in [1.807, 2.05) is 25.1 Å². The molecule has 6 nitrogen and oxygen atoms in total. The minimum atomic E-state index is 0.542. The van der Waals surface area contributed by atoms with Crippen LogP contribution in [0.4, 0.5) is 0 Å². The molecule has 0 bridgehead atoms. The van der Waals surface area contributed by atoms with Crippen LogP contribution in [0.25, 0.3) is 11.0 Å². The average molecular weight is 390 g/mol. The molecule has 1 saturated heterocycles. The zero-order valence-corrected chi connectivity index (χ0v) is 17.0. The smallest absolute Gasteiger partial charge is 0.186 e. The molecule has 1 aliphatic heterocycles. The van der Waals surface area contributed by atoms with Gasteiger partial charge in [0.1, 0.15) is 24.4 Å². The van der Waals surface area contributed by atoms with Gasteiger partial charge in [-0.1, -0.05) is 25.1 Å². The molecule has 146 valence electrons. The van der Waals surface area contributed by atoms with Crippen LogP contribution in [0.3, 0.4) is 0 Å². The molecule has 3 rings (SSSR count). The highest BCUT2D eigenvalue weighted by molar-refractivity contribution is 7.80. The fraction of sp³-hybridized carbons (Fsp3) is 0.500. The number of hydrogen-bond acceptors (Lipinski definition) is 4. The van der Waals surface area contributed by atoms with Crippen molar-refractivity contribution in [2.24, 2.45) is 5.10 Å². The summed E-state index contributed by atoms with van der Waals surface area (Å²) in [5.74, 6) is 0.824. The Labute approximate surface area is 165 Å². The number of hydrogen-bond donors (Lipinski definition) is 3. The van der Waals surface area contributed by atoms with E-state index in [4.69, 9.17) is 21.4 Å². The zero-order valence-electron chi connectivity index (χ0n) is 16.1. The number of benzene rings is 1. The monoisotopic (exact) mass is 389 g/mol. The summed E-state index contributed by atoms with van der Waals surface area (Å²) >= 11 is 5.33. The van der Waals surface area contributed by atoms with Crippen molar-refractivity contribution in [2.45, 2.75) is 26.7 Å². The van der Waals surface area contributed by atoms with Gasteiger partial charge in [-0.05, 0) is 31.6 Å². The molecule has 0 unspecified atom stereocenters. The molecule has 1 fully saturated rings. The Morgan fingerprint density at radius 1 is 1.26 bits per heavy atom. The van der Waals surface area contributed by atoms with Crippen molar-refractivity contribution >= 4 is 34.0 Å². The lowest BCUT2D eigenvalue weighted by Gasteiger charge is -2.23. The van der Waals surface area contributed by atoms with Gasteiger partial charge in [0.15, 0.2) is 10.9 Å². The van der Waals surface area contributed by atoms with Gasteiger partial charge in [0.25, 0.3) is 0 Å². The topological polar surface area (TPSA) is 63.2 Å².